The van der Waals surface area contributed by atoms with Gasteiger partial charge < -0.3 is 10.1 Å². The molecule has 0 radical (unpaired) electrons. The number of thioether (sulfide) groups is 1. The Labute approximate surface area is 170 Å². The highest BCUT2D eigenvalue weighted by Crippen LogP contribution is 2.28. The van der Waals surface area contributed by atoms with Gasteiger partial charge in [0.25, 0.3) is 5.91 Å². The molecule has 2 aromatic rings. The van der Waals surface area contributed by atoms with Crippen molar-refractivity contribution in [2.75, 3.05) is 11.9 Å². The molecule has 0 bridgehead atoms. The second-order valence-electron chi connectivity index (χ2n) is 6.60. The van der Waals surface area contributed by atoms with E-state index in [1.54, 1.807) is 12.1 Å². The van der Waals surface area contributed by atoms with Crippen LogP contribution in [0.25, 0.3) is 0 Å². The summed E-state index contributed by atoms with van der Waals surface area (Å²) in [6.07, 6.45) is 0.826. The molecule has 0 heterocycles. The summed E-state index contributed by atoms with van der Waals surface area (Å²) in [5.74, 6) is -1.09. The number of nitrogens with zero attached hydrogens (tertiary/aromatic N) is 1. The van der Waals surface area contributed by atoms with Crippen LogP contribution in [0.15, 0.2) is 53.4 Å². The van der Waals surface area contributed by atoms with Crippen LogP contribution in [0, 0.1) is 23.5 Å². The van der Waals surface area contributed by atoms with E-state index in [0.717, 1.165) is 34.2 Å². The molecule has 2 rings (SSSR count). The van der Waals surface area contributed by atoms with Crippen molar-refractivity contribution in [3.05, 3.63) is 59.7 Å². The molecule has 0 aromatic heterocycles. The van der Waals surface area contributed by atoms with Gasteiger partial charge in [-0.15, -0.1) is 0 Å². The average Bonchev–Trinajstić information content (AvgIpc) is 2.69. The zero-order valence-electron chi connectivity index (χ0n) is 16.3. The Morgan fingerprint density at radius 2 is 1.93 bits per heavy atom. The van der Waals surface area contributed by atoms with Gasteiger partial charge in [0.15, 0.2) is 6.61 Å². The fourth-order valence-electron chi connectivity index (χ4n) is 2.90. The molecule has 1 amide bonds. The number of hydrogen-bond donors (Lipinski definition) is 1. The van der Waals surface area contributed by atoms with Crippen molar-refractivity contribution in [1.82, 2.24) is 0 Å². The zero-order chi connectivity index (χ0) is 20.5. The summed E-state index contributed by atoms with van der Waals surface area (Å²) in [4.78, 5) is 25.7. The van der Waals surface area contributed by atoms with Crippen LogP contribution in [0.1, 0.15) is 37.3 Å². The number of nitriles is 1. The largest absolute Gasteiger partial charge is 0.455 e. The minimum atomic E-state index is -0.400. The first-order valence-electron chi connectivity index (χ1n) is 9.14. The second kappa shape index (κ2) is 10.5. The standard InChI is InChI=1S/C22H24N2O3S/c1-4-15(2)21(17-8-6-5-7-9-17)22(26)27-13-20(25)24-19-11-10-18(28-14-23)12-16(19)3/h5-12,15,21H,4,13H2,1-3H3,(H,24,25)/t15-,21+/m1/s1. The predicted molar refractivity (Wildman–Crippen MR) is 111 cm³/mol. The smallest absolute Gasteiger partial charge is 0.314 e. The minimum absolute atomic E-state index is 0.102. The molecule has 0 aliphatic heterocycles. The van der Waals surface area contributed by atoms with Crippen LogP contribution < -0.4 is 5.32 Å². The van der Waals surface area contributed by atoms with E-state index in [1.165, 1.54) is 0 Å². The maximum Gasteiger partial charge on any atom is 0.314 e. The van der Waals surface area contributed by atoms with E-state index in [1.807, 2.05) is 62.6 Å². The second-order valence-corrected chi connectivity index (χ2v) is 7.46. The molecule has 0 aliphatic carbocycles. The number of rotatable bonds is 8. The lowest BCUT2D eigenvalue weighted by atomic mass is 9.86. The summed E-state index contributed by atoms with van der Waals surface area (Å²) < 4.78 is 5.32. The summed E-state index contributed by atoms with van der Waals surface area (Å²) >= 11 is 1.06. The molecule has 6 heteroatoms. The lowest BCUT2D eigenvalue weighted by molar-refractivity contribution is -0.150. The number of thiocyanates is 1. The van der Waals surface area contributed by atoms with Gasteiger partial charge in [0.1, 0.15) is 5.40 Å². The summed E-state index contributed by atoms with van der Waals surface area (Å²) in [5, 5.41) is 13.5. The fourth-order valence-corrected chi connectivity index (χ4v) is 3.38. The third-order valence-corrected chi connectivity index (χ3v) is 5.19. The first kappa shape index (κ1) is 21.5. The molecule has 28 heavy (non-hydrogen) atoms. The molecule has 0 spiro atoms. The van der Waals surface area contributed by atoms with Crippen LogP contribution in [0.3, 0.4) is 0 Å². The van der Waals surface area contributed by atoms with Crippen LogP contribution in [-0.4, -0.2) is 18.5 Å². The Morgan fingerprint density at radius 3 is 2.54 bits per heavy atom. The molecule has 2 aromatic carbocycles. The van der Waals surface area contributed by atoms with E-state index >= 15 is 0 Å². The number of ether oxygens (including phenoxy) is 1. The maximum atomic E-state index is 12.6. The topological polar surface area (TPSA) is 79.2 Å². The minimum Gasteiger partial charge on any atom is -0.455 e. The van der Waals surface area contributed by atoms with E-state index in [-0.39, 0.29) is 12.5 Å². The van der Waals surface area contributed by atoms with Crippen LogP contribution in [-0.2, 0) is 14.3 Å². The third kappa shape index (κ3) is 5.86. The normalized spacial score (nSPS) is 12.5. The number of hydrogen-bond acceptors (Lipinski definition) is 5. The Balaban J connectivity index is 1.99. The van der Waals surface area contributed by atoms with Gasteiger partial charge in [0, 0.05) is 10.6 Å². The van der Waals surface area contributed by atoms with Gasteiger partial charge in [-0.25, -0.2) is 0 Å². The molecule has 0 fully saturated rings. The number of aryl methyl sites for hydroxylation is 1. The van der Waals surface area contributed by atoms with E-state index < -0.39 is 17.8 Å². The highest BCUT2D eigenvalue weighted by Gasteiger charge is 2.27. The lowest BCUT2D eigenvalue weighted by Crippen LogP contribution is -2.27. The van der Waals surface area contributed by atoms with Crippen molar-refractivity contribution in [2.24, 2.45) is 5.92 Å². The van der Waals surface area contributed by atoms with Gasteiger partial charge in [-0.1, -0.05) is 50.6 Å². The Hall–Kier alpha value is -2.78. The quantitative estimate of drug-likeness (QED) is 0.391. The summed E-state index contributed by atoms with van der Waals surface area (Å²) in [6, 6.07) is 14.8. The highest BCUT2D eigenvalue weighted by atomic mass is 32.2. The molecule has 0 saturated heterocycles. The number of amides is 1. The van der Waals surface area contributed by atoms with E-state index in [4.69, 9.17) is 10.00 Å². The van der Waals surface area contributed by atoms with Crippen molar-refractivity contribution in [3.8, 4) is 5.40 Å². The number of esters is 1. The predicted octanol–water partition coefficient (Wildman–Crippen LogP) is 4.88. The van der Waals surface area contributed by atoms with E-state index in [0.29, 0.717) is 5.69 Å². The van der Waals surface area contributed by atoms with Crippen LogP contribution >= 0.6 is 11.8 Å². The van der Waals surface area contributed by atoms with Gasteiger partial charge >= 0.3 is 5.97 Å². The first-order chi connectivity index (χ1) is 13.5. The van der Waals surface area contributed by atoms with Crippen LogP contribution in [0.4, 0.5) is 5.69 Å². The molecule has 146 valence electrons. The van der Waals surface area contributed by atoms with Gasteiger partial charge in [-0.3, -0.25) is 9.59 Å². The molecule has 0 saturated carbocycles. The molecule has 1 N–H and O–H groups in total. The number of anilines is 1. The van der Waals surface area contributed by atoms with Crippen molar-refractivity contribution < 1.29 is 14.3 Å². The molecular formula is C22H24N2O3S. The number of carbonyl (C=O) groups excluding carboxylic acids is 2. The van der Waals surface area contributed by atoms with Gasteiger partial charge in [0.05, 0.1) is 5.92 Å². The Morgan fingerprint density at radius 1 is 1.21 bits per heavy atom. The molecule has 2 atom stereocenters. The number of nitrogens with one attached hydrogen (secondary N) is 1. The summed E-state index contributed by atoms with van der Waals surface area (Å²) in [5.41, 5.74) is 2.36. The molecular weight excluding hydrogens is 372 g/mol. The monoisotopic (exact) mass is 396 g/mol. The van der Waals surface area contributed by atoms with Crippen molar-refractivity contribution in [2.45, 2.75) is 38.0 Å². The Kier molecular flexibility index (Phi) is 8.09. The average molecular weight is 397 g/mol. The Bertz CT molecular complexity index is 862. The fraction of sp³-hybridized carbons (Fsp3) is 0.318. The summed E-state index contributed by atoms with van der Waals surface area (Å²) in [6.45, 7) is 5.53. The third-order valence-electron chi connectivity index (χ3n) is 4.61. The number of benzene rings is 2. The van der Waals surface area contributed by atoms with Crippen molar-refractivity contribution in [1.29, 1.82) is 5.26 Å². The summed E-state index contributed by atoms with van der Waals surface area (Å²) in [7, 11) is 0. The highest BCUT2D eigenvalue weighted by molar-refractivity contribution is 8.03. The first-order valence-corrected chi connectivity index (χ1v) is 9.96. The molecule has 0 unspecified atom stereocenters. The van der Waals surface area contributed by atoms with Crippen molar-refractivity contribution in [3.63, 3.8) is 0 Å². The zero-order valence-corrected chi connectivity index (χ0v) is 17.1. The van der Waals surface area contributed by atoms with Crippen LogP contribution in [0.5, 0.6) is 0 Å². The van der Waals surface area contributed by atoms with Gasteiger partial charge in [-0.05, 0) is 53.9 Å². The maximum absolute atomic E-state index is 12.6. The van der Waals surface area contributed by atoms with Crippen molar-refractivity contribution >= 4 is 29.3 Å². The van der Waals surface area contributed by atoms with Crippen LogP contribution in [0.2, 0.25) is 0 Å². The van der Waals surface area contributed by atoms with Gasteiger partial charge in [0.2, 0.25) is 0 Å². The lowest BCUT2D eigenvalue weighted by Gasteiger charge is -2.21. The molecule has 0 aliphatic rings. The van der Waals surface area contributed by atoms with Gasteiger partial charge in [-0.2, -0.15) is 5.26 Å². The van der Waals surface area contributed by atoms with E-state index in [2.05, 4.69) is 5.32 Å². The number of carbonyl (C=O) groups is 2. The molecule has 5 nitrogen and oxygen atoms in total. The SMILES string of the molecule is CC[C@@H](C)[C@H](C(=O)OCC(=O)Nc1ccc(SC#N)cc1C)c1ccccc1. The van der Waals surface area contributed by atoms with E-state index in [9.17, 15) is 9.59 Å².